The Bertz CT molecular complexity index is 904. The van der Waals surface area contributed by atoms with Crippen LogP contribution in [0.15, 0.2) is 24.3 Å². The monoisotopic (exact) mass is 353 g/mol. The molecule has 0 aliphatic rings. The zero-order valence-electron chi connectivity index (χ0n) is 15.0. The summed E-state index contributed by atoms with van der Waals surface area (Å²) < 4.78 is 5.20. The summed E-state index contributed by atoms with van der Waals surface area (Å²) >= 11 is 0. The molecule has 0 radical (unpaired) electrons. The van der Waals surface area contributed by atoms with Gasteiger partial charge in [-0.25, -0.2) is 4.79 Å². The first-order valence-electron chi connectivity index (χ1n) is 7.96. The van der Waals surface area contributed by atoms with E-state index >= 15 is 0 Å². The molecule has 2 rings (SSSR count). The third kappa shape index (κ3) is 3.98. The number of hydrogen-bond donors (Lipinski definition) is 2. The van der Waals surface area contributed by atoms with Crippen LogP contribution in [0.5, 0.6) is 0 Å². The Kier molecular flexibility index (Phi) is 5.58. The van der Waals surface area contributed by atoms with E-state index in [1.165, 1.54) is 13.8 Å². The number of ketones is 1. The molecule has 0 fully saturated rings. The Hall–Kier alpha value is -3.40. The van der Waals surface area contributed by atoms with Crippen molar-refractivity contribution in [3.8, 4) is 6.07 Å². The fourth-order valence-electron chi connectivity index (χ4n) is 2.63. The molecule has 7 nitrogen and oxygen atoms in total. The number of nitrogens with zero attached hydrogens (tertiary/aromatic N) is 1. The Labute approximate surface area is 151 Å². The quantitative estimate of drug-likeness (QED) is 0.634. The average Bonchev–Trinajstić information content (AvgIpc) is 2.90. The van der Waals surface area contributed by atoms with E-state index in [-0.39, 0.29) is 11.5 Å². The van der Waals surface area contributed by atoms with Crippen molar-refractivity contribution in [1.29, 1.82) is 5.26 Å². The van der Waals surface area contributed by atoms with Crippen molar-refractivity contribution in [3.63, 3.8) is 0 Å². The van der Waals surface area contributed by atoms with Crippen LogP contribution < -0.4 is 5.32 Å². The summed E-state index contributed by atoms with van der Waals surface area (Å²) in [5, 5.41) is 11.4. The minimum Gasteiger partial charge on any atom is -0.448 e. The van der Waals surface area contributed by atoms with E-state index < -0.39 is 18.0 Å². The second-order valence-electron chi connectivity index (χ2n) is 5.91. The van der Waals surface area contributed by atoms with E-state index in [4.69, 9.17) is 10.00 Å². The fraction of sp³-hybridized carbons (Fsp3) is 0.263. The molecule has 1 heterocycles. The molecule has 1 unspecified atom stereocenters. The van der Waals surface area contributed by atoms with Crippen LogP contribution in [0.3, 0.4) is 0 Å². The number of anilines is 1. The van der Waals surface area contributed by atoms with Crippen LogP contribution in [0.4, 0.5) is 5.69 Å². The molecule has 0 aliphatic carbocycles. The zero-order chi connectivity index (χ0) is 19.4. The number of nitriles is 1. The number of benzene rings is 1. The highest BCUT2D eigenvalue weighted by atomic mass is 16.5. The molecule has 1 amide bonds. The van der Waals surface area contributed by atoms with Gasteiger partial charge in [0, 0.05) is 16.9 Å². The SMILES string of the molecule is CC(=O)c1c(C)[nH]c(C(=O)OC(C)C(=O)Nc2ccc(C#N)cc2)c1C. The van der Waals surface area contributed by atoms with Crippen LogP contribution in [0.2, 0.25) is 0 Å². The number of H-pyrrole nitrogens is 1. The lowest BCUT2D eigenvalue weighted by Crippen LogP contribution is -2.30. The summed E-state index contributed by atoms with van der Waals surface area (Å²) in [4.78, 5) is 39.0. The number of hydrogen-bond acceptors (Lipinski definition) is 5. The van der Waals surface area contributed by atoms with Gasteiger partial charge < -0.3 is 15.0 Å². The normalized spacial score (nSPS) is 11.3. The largest absolute Gasteiger partial charge is 0.448 e. The lowest BCUT2D eigenvalue weighted by atomic mass is 10.1. The van der Waals surface area contributed by atoms with E-state index in [1.807, 2.05) is 6.07 Å². The van der Waals surface area contributed by atoms with Gasteiger partial charge in [-0.2, -0.15) is 5.26 Å². The van der Waals surface area contributed by atoms with Crippen molar-refractivity contribution >= 4 is 23.3 Å². The number of amides is 1. The lowest BCUT2D eigenvalue weighted by Gasteiger charge is -2.13. The summed E-state index contributed by atoms with van der Waals surface area (Å²) in [6.07, 6.45) is -1.04. The number of ether oxygens (including phenoxy) is 1. The van der Waals surface area contributed by atoms with Gasteiger partial charge in [-0.1, -0.05) is 0 Å². The van der Waals surface area contributed by atoms with Crippen LogP contribution in [0.1, 0.15) is 51.5 Å². The number of aryl methyl sites for hydroxylation is 1. The molecular weight excluding hydrogens is 334 g/mol. The molecule has 0 saturated heterocycles. The van der Waals surface area contributed by atoms with Crippen molar-refractivity contribution < 1.29 is 19.1 Å². The second-order valence-corrected chi connectivity index (χ2v) is 5.91. The molecule has 7 heteroatoms. The number of esters is 1. The van der Waals surface area contributed by atoms with Gasteiger partial charge in [0.15, 0.2) is 11.9 Å². The smallest absolute Gasteiger partial charge is 0.355 e. The van der Waals surface area contributed by atoms with Gasteiger partial charge >= 0.3 is 5.97 Å². The van der Waals surface area contributed by atoms with Gasteiger partial charge in [0.1, 0.15) is 5.69 Å². The molecule has 0 spiro atoms. The highest BCUT2D eigenvalue weighted by Gasteiger charge is 2.24. The predicted molar refractivity (Wildman–Crippen MR) is 94.9 cm³/mol. The molecule has 26 heavy (non-hydrogen) atoms. The van der Waals surface area contributed by atoms with Gasteiger partial charge in [0.25, 0.3) is 5.91 Å². The summed E-state index contributed by atoms with van der Waals surface area (Å²) in [5.74, 6) is -1.36. The van der Waals surface area contributed by atoms with Gasteiger partial charge in [0.05, 0.1) is 11.6 Å². The van der Waals surface area contributed by atoms with Crippen LogP contribution in [0, 0.1) is 25.2 Å². The highest BCUT2D eigenvalue weighted by Crippen LogP contribution is 2.20. The highest BCUT2D eigenvalue weighted by molar-refractivity contribution is 6.02. The van der Waals surface area contributed by atoms with Crippen LogP contribution >= 0.6 is 0 Å². The van der Waals surface area contributed by atoms with Crippen molar-refractivity contribution in [1.82, 2.24) is 4.98 Å². The Morgan fingerprint density at radius 3 is 2.31 bits per heavy atom. The van der Waals surface area contributed by atoms with Crippen molar-refractivity contribution in [2.45, 2.75) is 33.8 Å². The van der Waals surface area contributed by atoms with Gasteiger partial charge in [-0.15, -0.1) is 0 Å². The van der Waals surface area contributed by atoms with E-state index in [0.29, 0.717) is 28.1 Å². The van der Waals surface area contributed by atoms with Crippen molar-refractivity contribution in [2.75, 3.05) is 5.32 Å². The number of Topliss-reactive ketones (excluding diaryl/α,β-unsaturated/α-hetero) is 1. The minimum atomic E-state index is -1.04. The van der Waals surface area contributed by atoms with Gasteiger partial charge in [-0.3, -0.25) is 9.59 Å². The standard InChI is InChI=1S/C19H19N3O4/c1-10-16(12(3)23)11(2)21-17(10)19(25)26-13(4)18(24)22-15-7-5-14(9-20)6-8-15/h5-8,13,21H,1-4H3,(H,22,24). The first-order chi connectivity index (χ1) is 12.2. The van der Waals surface area contributed by atoms with Crippen LogP contribution in [-0.4, -0.2) is 28.7 Å². The summed E-state index contributed by atoms with van der Waals surface area (Å²) in [6, 6.07) is 8.30. The number of carbonyl (C=O) groups excluding carboxylic acids is 3. The molecule has 1 atom stereocenters. The maximum absolute atomic E-state index is 12.3. The van der Waals surface area contributed by atoms with E-state index in [0.717, 1.165) is 0 Å². The maximum Gasteiger partial charge on any atom is 0.355 e. The molecular formula is C19H19N3O4. The van der Waals surface area contributed by atoms with Crippen molar-refractivity contribution in [3.05, 3.63) is 52.3 Å². The van der Waals surface area contributed by atoms with E-state index in [2.05, 4.69) is 10.3 Å². The minimum absolute atomic E-state index is 0.151. The summed E-state index contributed by atoms with van der Waals surface area (Å²) in [7, 11) is 0. The zero-order valence-corrected chi connectivity index (χ0v) is 15.0. The second kappa shape index (κ2) is 7.66. The number of carbonyl (C=O) groups is 3. The number of rotatable bonds is 5. The van der Waals surface area contributed by atoms with E-state index in [9.17, 15) is 14.4 Å². The molecule has 0 bridgehead atoms. The Morgan fingerprint density at radius 1 is 1.19 bits per heavy atom. The third-order valence-electron chi connectivity index (χ3n) is 3.93. The molecule has 2 aromatic rings. The maximum atomic E-state index is 12.3. The lowest BCUT2D eigenvalue weighted by molar-refractivity contribution is -0.123. The van der Waals surface area contributed by atoms with Crippen LogP contribution in [0.25, 0.3) is 0 Å². The fourth-order valence-corrected chi connectivity index (χ4v) is 2.63. The summed E-state index contributed by atoms with van der Waals surface area (Å²) in [6.45, 7) is 6.22. The van der Waals surface area contributed by atoms with Crippen LogP contribution in [-0.2, 0) is 9.53 Å². The molecule has 2 N–H and O–H groups in total. The number of nitrogens with one attached hydrogen (secondary N) is 2. The molecule has 1 aromatic heterocycles. The number of aromatic amines is 1. The van der Waals surface area contributed by atoms with Crippen molar-refractivity contribution in [2.24, 2.45) is 0 Å². The Morgan fingerprint density at radius 2 is 1.81 bits per heavy atom. The molecule has 1 aromatic carbocycles. The predicted octanol–water partition coefficient (Wildman–Crippen LogP) is 2.89. The average molecular weight is 353 g/mol. The van der Waals surface area contributed by atoms with Gasteiger partial charge in [0.2, 0.25) is 0 Å². The summed E-state index contributed by atoms with van der Waals surface area (Å²) in [5.41, 5.74) is 2.65. The Balaban J connectivity index is 2.06. The molecule has 0 saturated carbocycles. The first-order valence-corrected chi connectivity index (χ1v) is 7.96. The van der Waals surface area contributed by atoms with Gasteiger partial charge in [-0.05, 0) is 57.5 Å². The topological polar surface area (TPSA) is 112 Å². The molecule has 134 valence electrons. The number of aromatic nitrogens is 1. The molecule has 0 aliphatic heterocycles. The first kappa shape index (κ1) is 18.9. The van der Waals surface area contributed by atoms with E-state index in [1.54, 1.807) is 38.1 Å². The third-order valence-corrected chi connectivity index (χ3v) is 3.93.